The molecule has 0 spiro atoms. The second-order valence-electron chi connectivity index (χ2n) is 6.62. The molecule has 2 aromatic carbocycles. The largest absolute Gasteiger partial charge is 0.493 e. The number of hydrogen-bond donors (Lipinski definition) is 0. The minimum absolute atomic E-state index is 0.257. The normalized spacial score (nSPS) is 14.7. The van der Waals surface area contributed by atoms with Gasteiger partial charge in [0.15, 0.2) is 11.5 Å². The number of rotatable bonds is 5. The molecule has 2 heterocycles. The molecule has 31 heavy (non-hydrogen) atoms. The fraction of sp³-hybridized carbons (Fsp3) is 0.0870. The Kier molecular flexibility index (Phi) is 5.88. The summed E-state index contributed by atoms with van der Waals surface area (Å²) >= 11 is 7.34. The van der Waals surface area contributed by atoms with Crippen LogP contribution in [0.4, 0.5) is 5.69 Å². The fourth-order valence-electron chi connectivity index (χ4n) is 3.04. The summed E-state index contributed by atoms with van der Waals surface area (Å²) in [6.45, 7) is 1.77. The first-order valence-corrected chi connectivity index (χ1v) is 10.5. The van der Waals surface area contributed by atoms with Gasteiger partial charge in [0.1, 0.15) is 4.88 Å². The average Bonchev–Trinajstić information content (AvgIpc) is 3.39. The zero-order valence-corrected chi connectivity index (χ0v) is 18.2. The summed E-state index contributed by atoms with van der Waals surface area (Å²) in [7, 11) is 1.49. The number of carbonyl (C=O) groups is 2. The lowest BCUT2D eigenvalue weighted by Crippen LogP contribution is -2.21. The van der Waals surface area contributed by atoms with Crippen LogP contribution >= 0.6 is 22.9 Å². The van der Waals surface area contributed by atoms with E-state index in [1.165, 1.54) is 23.5 Å². The first-order chi connectivity index (χ1) is 15.0. The second-order valence-corrected chi connectivity index (χ2v) is 8.00. The smallest absolute Gasteiger partial charge is 0.353 e. The maximum absolute atomic E-state index is 12.9. The number of hydrogen-bond acceptors (Lipinski definition) is 6. The van der Waals surface area contributed by atoms with Gasteiger partial charge in [-0.05, 0) is 60.3 Å². The Balaban J connectivity index is 1.59. The van der Waals surface area contributed by atoms with Crippen LogP contribution in [0.5, 0.6) is 11.5 Å². The maximum Gasteiger partial charge on any atom is 0.353 e. The van der Waals surface area contributed by atoms with Gasteiger partial charge in [-0.15, -0.1) is 11.3 Å². The highest BCUT2D eigenvalue weighted by Crippen LogP contribution is 2.32. The summed E-state index contributed by atoms with van der Waals surface area (Å²) < 4.78 is 10.8. The number of hydrazone groups is 1. The predicted molar refractivity (Wildman–Crippen MR) is 122 cm³/mol. The third-order valence-corrected chi connectivity index (χ3v) is 5.62. The lowest BCUT2D eigenvalue weighted by atomic mass is 10.1. The lowest BCUT2D eigenvalue weighted by molar-refractivity contribution is -0.114. The maximum atomic E-state index is 12.9. The summed E-state index contributed by atoms with van der Waals surface area (Å²) in [6.07, 6.45) is 1.72. The molecule has 0 saturated heterocycles. The van der Waals surface area contributed by atoms with E-state index in [1.54, 1.807) is 73.0 Å². The van der Waals surface area contributed by atoms with Crippen LogP contribution in [0.2, 0.25) is 5.02 Å². The van der Waals surface area contributed by atoms with E-state index >= 15 is 0 Å². The highest BCUT2D eigenvalue weighted by atomic mass is 35.5. The van der Waals surface area contributed by atoms with Gasteiger partial charge in [0.05, 0.1) is 24.1 Å². The molecule has 8 heteroatoms. The first kappa shape index (κ1) is 20.8. The summed E-state index contributed by atoms with van der Waals surface area (Å²) in [4.78, 5) is 25.7. The monoisotopic (exact) mass is 452 g/mol. The van der Waals surface area contributed by atoms with E-state index in [9.17, 15) is 9.59 Å². The number of thiophene rings is 1. The Hall–Kier alpha value is -3.42. The standard InChI is InChI=1S/C23H17ClN2O4S/c1-14-18(22(27)26(25-14)17-6-3-5-16(24)13-17)11-15-8-9-19(20(12-15)29-2)30-23(28)21-7-4-10-31-21/h3-13H,1-2H3/b18-11+. The van der Waals surface area contributed by atoms with Crippen molar-refractivity contribution in [3.8, 4) is 11.5 Å². The zero-order chi connectivity index (χ0) is 22.0. The molecule has 156 valence electrons. The zero-order valence-electron chi connectivity index (χ0n) is 16.7. The van der Waals surface area contributed by atoms with Crippen LogP contribution in [-0.2, 0) is 4.79 Å². The number of nitrogens with zero attached hydrogens (tertiary/aromatic N) is 2. The van der Waals surface area contributed by atoms with E-state index in [0.717, 1.165) is 0 Å². The van der Waals surface area contributed by atoms with Crippen LogP contribution in [0.15, 0.2) is 70.7 Å². The number of amides is 1. The average molecular weight is 453 g/mol. The van der Waals surface area contributed by atoms with Crippen molar-refractivity contribution in [2.75, 3.05) is 12.1 Å². The van der Waals surface area contributed by atoms with Gasteiger partial charge in [0.2, 0.25) is 0 Å². The molecule has 0 bridgehead atoms. The van der Waals surface area contributed by atoms with E-state index in [0.29, 0.717) is 43.9 Å². The van der Waals surface area contributed by atoms with Crippen LogP contribution in [0.1, 0.15) is 22.2 Å². The molecule has 1 amide bonds. The number of ether oxygens (including phenoxy) is 2. The van der Waals surface area contributed by atoms with Gasteiger partial charge < -0.3 is 9.47 Å². The summed E-state index contributed by atoms with van der Waals surface area (Å²) in [5.74, 6) is -0.0322. The molecule has 0 aliphatic carbocycles. The third kappa shape index (κ3) is 4.38. The molecular formula is C23H17ClN2O4S. The highest BCUT2D eigenvalue weighted by molar-refractivity contribution is 7.12. The van der Waals surface area contributed by atoms with Crippen molar-refractivity contribution >= 4 is 52.3 Å². The van der Waals surface area contributed by atoms with Crippen LogP contribution in [0.25, 0.3) is 6.08 Å². The number of carbonyl (C=O) groups excluding carboxylic acids is 2. The van der Waals surface area contributed by atoms with Crippen LogP contribution in [-0.4, -0.2) is 24.7 Å². The van der Waals surface area contributed by atoms with Gasteiger partial charge in [-0.1, -0.05) is 29.8 Å². The molecule has 0 radical (unpaired) electrons. The Morgan fingerprint density at radius 3 is 2.68 bits per heavy atom. The summed E-state index contributed by atoms with van der Waals surface area (Å²) in [6, 6.07) is 15.5. The van der Waals surface area contributed by atoms with Crippen molar-refractivity contribution in [1.29, 1.82) is 0 Å². The fourth-order valence-corrected chi connectivity index (χ4v) is 3.82. The second kappa shape index (κ2) is 8.75. The van der Waals surface area contributed by atoms with E-state index < -0.39 is 5.97 Å². The molecule has 4 rings (SSSR count). The number of esters is 1. The summed E-state index contributed by atoms with van der Waals surface area (Å²) in [5.41, 5.74) is 2.33. The van der Waals surface area contributed by atoms with Gasteiger partial charge in [-0.2, -0.15) is 10.1 Å². The van der Waals surface area contributed by atoms with Crippen molar-refractivity contribution in [3.63, 3.8) is 0 Å². The molecule has 0 N–H and O–H groups in total. The molecule has 0 atom stereocenters. The van der Waals surface area contributed by atoms with Gasteiger partial charge in [0, 0.05) is 5.02 Å². The first-order valence-electron chi connectivity index (χ1n) is 9.27. The van der Waals surface area contributed by atoms with E-state index in [2.05, 4.69) is 5.10 Å². The van der Waals surface area contributed by atoms with Crippen LogP contribution < -0.4 is 14.5 Å². The van der Waals surface area contributed by atoms with Crippen molar-refractivity contribution in [3.05, 3.63) is 81.0 Å². The van der Waals surface area contributed by atoms with Gasteiger partial charge >= 0.3 is 5.97 Å². The Morgan fingerprint density at radius 1 is 1.13 bits per heavy atom. The summed E-state index contributed by atoms with van der Waals surface area (Å²) in [5, 5.41) is 8.01. The van der Waals surface area contributed by atoms with E-state index in [4.69, 9.17) is 21.1 Å². The van der Waals surface area contributed by atoms with Crippen LogP contribution in [0.3, 0.4) is 0 Å². The minimum Gasteiger partial charge on any atom is -0.493 e. The molecule has 0 fully saturated rings. The molecule has 1 aliphatic heterocycles. The molecule has 1 aliphatic rings. The van der Waals surface area contributed by atoms with Crippen molar-refractivity contribution in [2.24, 2.45) is 5.10 Å². The lowest BCUT2D eigenvalue weighted by Gasteiger charge is -2.12. The highest BCUT2D eigenvalue weighted by Gasteiger charge is 2.29. The van der Waals surface area contributed by atoms with Gasteiger partial charge in [0.25, 0.3) is 5.91 Å². The number of benzene rings is 2. The SMILES string of the molecule is COc1cc(/C=C2/C(=O)N(c3cccc(Cl)c3)N=C2C)ccc1OC(=O)c1cccs1. The third-order valence-electron chi connectivity index (χ3n) is 4.54. The Morgan fingerprint density at radius 2 is 1.97 bits per heavy atom. The quantitative estimate of drug-likeness (QED) is 0.294. The van der Waals surface area contributed by atoms with Gasteiger partial charge in [-0.25, -0.2) is 4.79 Å². The Bertz CT molecular complexity index is 1220. The molecule has 0 saturated carbocycles. The van der Waals surface area contributed by atoms with E-state index in [1.807, 2.05) is 0 Å². The topological polar surface area (TPSA) is 68.2 Å². The number of halogens is 1. The Labute approximate surface area is 188 Å². The molecule has 0 unspecified atom stereocenters. The number of anilines is 1. The van der Waals surface area contributed by atoms with E-state index in [-0.39, 0.29) is 5.91 Å². The molecule has 3 aromatic rings. The predicted octanol–water partition coefficient (Wildman–Crippen LogP) is 5.44. The van der Waals surface area contributed by atoms with Crippen molar-refractivity contribution in [1.82, 2.24) is 0 Å². The van der Waals surface area contributed by atoms with Crippen molar-refractivity contribution in [2.45, 2.75) is 6.92 Å². The molecule has 6 nitrogen and oxygen atoms in total. The minimum atomic E-state index is -0.453. The molecular weight excluding hydrogens is 436 g/mol. The number of methoxy groups -OCH3 is 1. The molecule has 1 aromatic heterocycles. The van der Waals surface area contributed by atoms with Crippen molar-refractivity contribution < 1.29 is 19.1 Å². The van der Waals surface area contributed by atoms with Crippen LogP contribution in [0, 0.1) is 0 Å². The van der Waals surface area contributed by atoms with Gasteiger partial charge in [-0.3, -0.25) is 4.79 Å².